The highest BCUT2D eigenvalue weighted by Crippen LogP contribution is 2.24. The van der Waals surface area contributed by atoms with Crippen LogP contribution in [0.4, 0.5) is 4.79 Å². The molecule has 0 N–H and O–H groups in total. The second-order valence-electron chi connectivity index (χ2n) is 6.70. The molecule has 0 aromatic carbocycles. The summed E-state index contributed by atoms with van der Waals surface area (Å²) >= 11 is 1.86. The highest BCUT2D eigenvalue weighted by Gasteiger charge is 2.30. The molecular formula is C17H26N2O2S. The van der Waals surface area contributed by atoms with E-state index in [0.29, 0.717) is 0 Å². The van der Waals surface area contributed by atoms with Gasteiger partial charge in [-0.2, -0.15) is 11.8 Å². The molecule has 1 amide bonds. The molecule has 0 saturated carbocycles. The third kappa shape index (κ3) is 5.52. The number of nitrogens with zero attached hydrogens (tertiary/aromatic N) is 2. The fourth-order valence-corrected chi connectivity index (χ4v) is 3.67. The number of thioether (sulfide) groups is 1. The fourth-order valence-electron chi connectivity index (χ4n) is 2.53. The van der Waals surface area contributed by atoms with Crippen LogP contribution < -0.4 is 0 Å². The molecule has 0 radical (unpaired) electrons. The van der Waals surface area contributed by atoms with Gasteiger partial charge in [-0.1, -0.05) is 6.07 Å². The summed E-state index contributed by atoms with van der Waals surface area (Å²) in [6.07, 6.45) is 6.86. The molecule has 1 saturated heterocycles. The predicted molar refractivity (Wildman–Crippen MR) is 91.0 cm³/mol. The summed E-state index contributed by atoms with van der Waals surface area (Å²) in [5, 5.41) is 0. The second kappa shape index (κ2) is 7.86. The van der Waals surface area contributed by atoms with E-state index in [2.05, 4.69) is 11.1 Å². The van der Waals surface area contributed by atoms with Crippen LogP contribution in [0.2, 0.25) is 0 Å². The quantitative estimate of drug-likeness (QED) is 0.837. The molecule has 2 heterocycles. The first-order valence-corrected chi connectivity index (χ1v) is 9.07. The van der Waals surface area contributed by atoms with Crippen molar-refractivity contribution in [1.29, 1.82) is 0 Å². The van der Waals surface area contributed by atoms with Crippen LogP contribution in [0, 0.1) is 0 Å². The number of carbonyl (C=O) groups is 1. The zero-order valence-electron chi connectivity index (χ0n) is 13.7. The van der Waals surface area contributed by atoms with Crippen LogP contribution >= 0.6 is 11.8 Å². The first kappa shape index (κ1) is 17.1. The normalized spacial score (nSPS) is 19.0. The molecule has 5 heteroatoms. The SMILES string of the molecule is CC(C)(C)OC(=O)N1CCCCC1CSCc1cccnc1. The van der Waals surface area contributed by atoms with Crippen molar-refractivity contribution in [2.75, 3.05) is 12.3 Å². The van der Waals surface area contributed by atoms with Gasteiger partial charge in [0.05, 0.1) is 0 Å². The van der Waals surface area contributed by atoms with Crippen molar-refractivity contribution >= 4 is 17.9 Å². The molecule has 122 valence electrons. The predicted octanol–water partition coefficient (Wildman–Crippen LogP) is 4.10. The molecule has 0 aliphatic carbocycles. The van der Waals surface area contributed by atoms with E-state index < -0.39 is 5.60 Å². The first-order valence-electron chi connectivity index (χ1n) is 7.92. The lowest BCUT2D eigenvalue weighted by atomic mass is 10.0. The van der Waals surface area contributed by atoms with Gasteiger partial charge in [-0.3, -0.25) is 4.98 Å². The molecule has 1 aliphatic rings. The van der Waals surface area contributed by atoms with Gasteiger partial charge >= 0.3 is 6.09 Å². The first-order chi connectivity index (χ1) is 10.5. The number of amides is 1. The average molecular weight is 322 g/mol. The number of carbonyl (C=O) groups excluding carboxylic acids is 1. The van der Waals surface area contributed by atoms with E-state index in [-0.39, 0.29) is 12.1 Å². The fraction of sp³-hybridized carbons (Fsp3) is 0.647. The molecule has 2 rings (SSSR count). The van der Waals surface area contributed by atoms with Gasteiger partial charge in [0.2, 0.25) is 0 Å². The molecule has 1 aliphatic heterocycles. The third-order valence-corrected chi connectivity index (χ3v) is 4.71. The average Bonchev–Trinajstić information content (AvgIpc) is 2.47. The van der Waals surface area contributed by atoms with Gasteiger partial charge in [0.15, 0.2) is 0 Å². The van der Waals surface area contributed by atoms with Crippen LogP contribution in [-0.4, -0.2) is 39.9 Å². The van der Waals surface area contributed by atoms with Crippen LogP contribution in [0.5, 0.6) is 0 Å². The topological polar surface area (TPSA) is 42.4 Å². The zero-order chi connectivity index (χ0) is 16.0. The van der Waals surface area contributed by atoms with Crippen molar-refractivity contribution in [3.8, 4) is 0 Å². The molecule has 22 heavy (non-hydrogen) atoms. The van der Waals surface area contributed by atoms with Crippen molar-refractivity contribution in [3.05, 3.63) is 30.1 Å². The summed E-state index contributed by atoms with van der Waals surface area (Å²) in [4.78, 5) is 18.4. The number of aromatic nitrogens is 1. The number of hydrogen-bond donors (Lipinski definition) is 0. The minimum Gasteiger partial charge on any atom is -0.444 e. The van der Waals surface area contributed by atoms with Crippen LogP contribution in [0.3, 0.4) is 0 Å². The number of piperidine rings is 1. The van der Waals surface area contributed by atoms with E-state index in [1.807, 2.05) is 49.7 Å². The second-order valence-corrected chi connectivity index (χ2v) is 7.73. The number of ether oxygens (including phenoxy) is 1. The maximum absolute atomic E-state index is 12.3. The van der Waals surface area contributed by atoms with Crippen molar-refractivity contribution in [1.82, 2.24) is 9.88 Å². The van der Waals surface area contributed by atoms with Gasteiger partial charge < -0.3 is 9.64 Å². The van der Waals surface area contributed by atoms with Crippen LogP contribution in [0.15, 0.2) is 24.5 Å². The lowest BCUT2D eigenvalue weighted by molar-refractivity contribution is 0.0126. The zero-order valence-corrected chi connectivity index (χ0v) is 14.6. The number of likely N-dealkylation sites (tertiary alicyclic amines) is 1. The summed E-state index contributed by atoms with van der Waals surface area (Å²) < 4.78 is 5.54. The minimum atomic E-state index is -0.429. The Morgan fingerprint density at radius 1 is 1.45 bits per heavy atom. The third-order valence-electron chi connectivity index (χ3n) is 3.56. The summed E-state index contributed by atoms with van der Waals surface area (Å²) in [5.41, 5.74) is 0.800. The van der Waals surface area contributed by atoms with Crippen molar-refractivity contribution in [3.63, 3.8) is 0 Å². The van der Waals surface area contributed by atoms with Crippen LogP contribution in [0.1, 0.15) is 45.6 Å². The lowest BCUT2D eigenvalue weighted by Gasteiger charge is -2.36. The Morgan fingerprint density at radius 2 is 2.27 bits per heavy atom. The van der Waals surface area contributed by atoms with E-state index in [0.717, 1.165) is 30.9 Å². The Kier molecular flexibility index (Phi) is 6.12. The van der Waals surface area contributed by atoms with E-state index in [1.54, 1.807) is 6.20 Å². The number of hydrogen-bond acceptors (Lipinski definition) is 4. The maximum Gasteiger partial charge on any atom is 0.410 e. The smallest absolute Gasteiger partial charge is 0.410 e. The van der Waals surface area contributed by atoms with Crippen molar-refractivity contribution in [2.24, 2.45) is 0 Å². The van der Waals surface area contributed by atoms with Crippen LogP contribution in [-0.2, 0) is 10.5 Å². The molecule has 1 aromatic heterocycles. The van der Waals surface area contributed by atoms with Gasteiger partial charge in [-0.15, -0.1) is 0 Å². The lowest BCUT2D eigenvalue weighted by Crippen LogP contribution is -2.47. The van der Waals surface area contributed by atoms with Gasteiger partial charge in [0.25, 0.3) is 0 Å². The Labute approximate surface area is 137 Å². The molecular weight excluding hydrogens is 296 g/mol. The van der Waals surface area contributed by atoms with Gasteiger partial charge in [0, 0.05) is 36.5 Å². The maximum atomic E-state index is 12.3. The summed E-state index contributed by atoms with van der Waals surface area (Å²) in [6, 6.07) is 4.33. The minimum absolute atomic E-state index is 0.167. The highest BCUT2D eigenvalue weighted by molar-refractivity contribution is 7.98. The van der Waals surface area contributed by atoms with E-state index >= 15 is 0 Å². The molecule has 1 aromatic rings. The van der Waals surface area contributed by atoms with Gasteiger partial charge in [-0.05, 0) is 51.7 Å². The number of pyridine rings is 1. The Morgan fingerprint density at radius 3 is 2.95 bits per heavy atom. The Bertz CT molecular complexity index is 473. The molecule has 1 unspecified atom stereocenters. The monoisotopic (exact) mass is 322 g/mol. The van der Waals surface area contributed by atoms with Crippen molar-refractivity contribution < 1.29 is 9.53 Å². The standard InChI is InChI=1S/C17H26N2O2S/c1-17(2,3)21-16(20)19-10-5-4-8-15(19)13-22-12-14-7-6-9-18-11-14/h6-7,9,11,15H,4-5,8,10,12-13H2,1-3H3. The summed E-state index contributed by atoms with van der Waals surface area (Å²) in [7, 11) is 0. The molecule has 4 nitrogen and oxygen atoms in total. The largest absolute Gasteiger partial charge is 0.444 e. The molecule has 0 spiro atoms. The van der Waals surface area contributed by atoms with Crippen LogP contribution in [0.25, 0.3) is 0 Å². The van der Waals surface area contributed by atoms with E-state index in [4.69, 9.17) is 4.74 Å². The van der Waals surface area contributed by atoms with Gasteiger partial charge in [0.1, 0.15) is 5.60 Å². The highest BCUT2D eigenvalue weighted by atomic mass is 32.2. The van der Waals surface area contributed by atoms with E-state index in [1.165, 1.54) is 12.0 Å². The Hall–Kier alpha value is -1.23. The van der Waals surface area contributed by atoms with Crippen molar-refractivity contribution in [2.45, 2.75) is 57.4 Å². The van der Waals surface area contributed by atoms with Gasteiger partial charge in [-0.25, -0.2) is 4.79 Å². The van der Waals surface area contributed by atoms with E-state index in [9.17, 15) is 4.79 Å². The summed E-state index contributed by atoms with van der Waals surface area (Å²) in [6.45, 7) is 6.57. The molecule has 1 fully saturated rings. The number of rotatable bonds is 4. The summed E-state index contributed by atoms with van der Waals surface area (Å²) in [5.74, 6) is 1.89. The Balaban J connectivity index is 1.85. The molecule has 1 atom stereocenters. The molecule has 0 bridgehead atoms.